The SMILES string of the molecule is FC(F)(F)c1ccc(-c2cc(C3=CCNC=C3)cc(-c3ccc(C(F)(F)F)cc3)[o+]2)cc1. The molecule has 2 heterocycles. The molecular formula is C24H16F6NO+. The van der Waals surface area contributed by atoms with Crippen molar-refractivity contribution in [3.8, 4) is 22.6 Å². The summed E-state index contributed by atoms with van der Waals surface area (Å²) in [7, 11) is 0. The van der Waals surface area contributed by atoms with Crippen LogP contribution in [0.25, 0.3) is 28.2 Å². The van der Waals surface area contributed by atoms with E-state index >= 15 is 0 Å². The van der Waals surface area contributed by atoms with Crippen LogP contribution in [0.1, 0.15) is 16.7 Å². The van der Waals surface area contributed by atoms with Gasteiger partial charge in [-0.3, -0.25) is 0 Å². The average molecular weight is 448 g/mol. The number of nitrogens with one attached hydrogen (secondary N) is 1. The van der Waals surface area contributed by atoms with E-state index in [-0.39, 0.29) is 0 Å². The van der Waals surface area contributed by atoms with Crippen LogP contribution in [0, 0.1) is 0 Å². The van der Waals surface area contributed by atoms with Crippen LogP contribution in [-0.2, 0) is 12.4 Å². The smallest absolute Gasteiger partial charge is 0.387 e. The maximum absolute atomic E-state index is 12.9. The molecule has 0 unspecified atom stereocenters. The summed E-state index contributed by atoms with van der Waals surface area (Å²) in [6, 6.07) is 12.4. The van der Waals surface area contributed by atoms with Gasteiger partial charge in [-0.05, 0) is 66.4 Å². The first kappa shape index (κ1) is 21.7. The van der Waals surface area contributed by atoms with Crippen LogP contribution < -0.4 is 5.32 Å². The number of alkyl halides is 6. The maximum Gasteiger partial charge on any atom is 0.416 e. The van der Waals surface area contributed by atoms with E-state index in [1.165, 1.54) is 24.3 Å². The summed E-state index contributed by atoms with van der Waals surface area (Å²) in [6.07, 6.45) is -3.43. The molecule has 32 heavy (non-hydrogen) atoms. The largest absolute Gasteiger partial charge is 0.416 e. The maximum atomic E-state index is 12.9. The normalized spacial score (nSPS) is 14.1. The fraction of sp³-hybridized carbons (Fsp3) is 0.125. The monoisotopic (exact) mass is 448 g/mol. The molecule has 0 radical (unpaired) electrons. The van der Waals surface area contributed by atoms with Crippen molar-refractivity contribution < 1.29 is 30.8 Å². The summed E-state index contributed by atoms with van der Waals surface area (Å²) in [4.78, 5) is 0. The lowest BCUT2D eigenvalue weighted by Crippen LogP contribution is -2.08. The van der Waals surface area contributed by atoms with E-state index < -0.39 is 23.5 Å². The Balaban J connectivity index is 1.80. The quantitative estimate of drug-likeness (QED) is 0.333. The molecular weight excluding hydrogens is 432 g/mol. The molecule has 1 aliphatic rings. The van der Waals surface area contributed by atoms with Gasteiger partial charge in [0.2, 0.25) is 0 Å². The Morgan fingerprint density at radius 2 is 1.12 bits per heavy atom. The van der Waals surface area contributed by atoms with Gasteiger partial charge >= 0.3 is 23.9 Å². The zero-order valence-electron chi connectivity index (χ0n) is 16.4. The second-order valence-corrected chi connectivity index (χ2v) is 7.13. The van der Waals surface area contributed by atoms with Crippen molar-refractivity contribution in [1.82, 2.24) is 5.32 Å². The van der Waals surface area contributed by atoms with Crippen LogP contribution in [0.15, 0.2) is 83.4 Å². The second kappa shape index (κ2) is 8.18. The van der Waals surface area contributed by atoms with Gasteiger partial charge in [0.15, 0.2) is 0 Å². The van der Waals surface area contributed by atoms with Gasteiger partial charge in [-0.15, -0.1) is 0 Å². The van der Waals surface area contributed by atoms with Gasteiger partial charge in [-0.1, -0.05) is 6.08 Å². The fourth-order valence-corrected chi connectivity index (χ4v) is 3.27. The highest BCUT2D eigenvalue weighted by molar-refractivity contribution is 5.79. The first-order valence-electron chi connectivity index (χ1n) is 9.55. The Morgan fingerprint density at radius 3 is 1.50 bits per heavy atom. The number of allylic oxidation sites excluding steroid dienone is 2. The van der Waals surface area contributed by atoms with E-state index in [0.29, 0.717) is 29.2 Å². The Kier molecular flexibility index (Phi) is 5.54. The highest BCUT2D eigenvalue weighted by Gasteiger charge is 2.32. The summed E-state index contributed by atoms with van der Waals surface area (Å²) < 4.78 is 83.3. The molecule has 0 atom stereocenters. The van der Waals surface area contributed by atoms with Crippen molar-refractivity contribution in [2.24, 2.45) is 0 Å². The lowest BCUT2D eigenvalue weighted by molar-refractivity contribution is -0.138. The van der Waals surface area contributed by atoms with Crippen molar-refractivity contribution in [3.05, 3.63) is 95.7 Å². The average Bonchev–Trinajstić information content (AvgIpc) is 2.78. The van der Waals surface area contributed by atoms with Crippen LogP contribution in [-0.4, -0.2) is 6.54 Å². The predicted octanol–water partition coefficient (Wildman–Crippen LogP) is 7.43. The minimum absolute atomic E-state index is 0.291. The molecule has 0 bridgehead atoms. The molecule has 2 aromatic carbocycles. The topological polar surface area (TPSA) is 23.3 Å². The summed E-state index contributed by atoms with van der Waals surface area (Å²) in [5, 5.41) is 3.02. The molecule has 0 amide bonds. The zero-order chi connectivity index (χ0) is 22.9. The van der Waals surface area contributed by atoms with Gasteiger partial charge in [0.05, 0.1) is 34.4 Å². The van der Waals surface area contributed by atoms with Crippen molar-refractivity contribution >= 4 is 5.57 Å². The molecule has 1 aromatic heterocycles. The number of dihydropyridines is 1. The van der Waals surface area contributed by atoms with Crippen molar-refractivity contribution in [3.63, 3.8) is 0 Å². The van der Waals surface area contributed by atoms with Crippen molar-refractivity contribution in [2.45, 2.75) is 12.4 Å². The van der Waals surface area contributed by atoms with E-state index in [4.69, 9.17) is 4.42 Å². The number of benzene rings is 2. The third kappa shape index (κ3) is 4.69. The summed E-state index contributed by atoms with van der Waals surface area (Å²) in [6.45, 7) is 0.586. The van der Waals surface area contributed by atoms with Crippen LogP contribution in [0.4, 0.5) is 26.3 Å². The molecule has 0 aliphatic carbocycles. The summed E-state index contributed by atoms with van der Waals surface area (Å²) in [5.74, 6) is 0.581. The molecule has 1 N–H and O–H groups in total. The van der Waals surface area contributed by atoms with Crippen molar-refractivity contribution in [2.75, 3.05) is 6.54 Å². The predicted molar refractivity (Wildman–Crippen MR) is 109 cm³/mol. The Bertz CT molecular complexity index is 1100. The van der Waals surface area contributed by atoms with Gasteiger partial charge in [-0.2, -0.15) is 26.3 Å². The highest BCUT2D eigenvalue weighted by Crippen LogP contribution is 2.36. The number of rotatable bonds is 3. The molecule has 8 heteroatoms. The molecule has 4 rings (SSSR count). The second-order valence-electron chi connectivity index (χ2n) is 7.13. The first-order chi connectivity index (χ1) is 15.1. The Labute approximate surface area is 179 Å². The van der Waals surface area contributed by atoms with E-state index in [2.05, 4.69) is 5.32 Å². The molecule has 0 fully saturated rings. The molecule has 3 aromatic rings. The van der Waals surface area contributed by atoms with E-state index in [1.807, 2.05) is 12.2 Å². The number of hydrogen-bond donors (Lipinski definition) is 1. The van der Waals surface area contributed by atoms with E-state index in [1.54, 1.807) is 18.3 Å². The third-order valence-corrected chi connectivity index (χ3v) is 4.94. The minimum Gasteiger partial charge on any atom is -0.387 e. The summed E-state index contributed by atoms with van der Waals surface area (Å²) in [5.41, 5.74) is 0.812. The minimum atomic E-state index is -4.46. The summed E-state index contributed by atoms with van der Waals surface area (Å²) >= 11 is 0. The zero-order valence-corrected chi connectivity index (χ0v) is 16.4. The van der Waals surface area contributed by atoms with Gasteiger partial charge in [0, 0.05) is 12.1 Å². The van der Waals surface area contributed by atoms with Gasteiger partial charge < -0.3 is 5.32 Å². The Hall–Kier alpha value is -3.55. The van der Waals surface area contributed by atoms with Crippen molar-refractivity contribution in [1.29, 1.82) is 0 Å². The first-order valence-corrected chi connectivity index (χ1v) is 9.55. The van der Waals surface area contributed by atoms with E-state index in [9.17, 15) is 26.3 Å². The molecule has 164 valence electrons. The third-order valence-electron chi connectivity index (χ3n) is 4.94. The fourth-order valence-electron chi connectivity index (χ4n) is 3.27. The molecule has 1 aliphatic heterocycles. The molecule has 0 spiro atoms. The molecule has 0 saturated heterocycles. The standard InChI is InChI=1S/C24H16F6NO/c25-23(26,27)19-5-1-16(2-6-19)21-13-18(15-9-11-31-12-10-15)14-22(32-21)17-3-7-20(8-4-17)24(28,29)30/h1-11,13-14,31H,12H2/q+1. The van der Waals surface area contributed by atoms with E-state index in [0.717, 1.165) is 35.4 Å². The molecule has 0 saturated carbocycles. The van der Waals surface area contributed by atoms with Gasteiger partial charge in [-0.25, -0.2) is 4.42 Å². The van der Waals surface area contributed by atoms with Crippen LogP contribution >= 0.6 is 0 Å². The van der Waals surface area contributed by atoms with Crippen LogP contribution in [0.5, 0.6) is 0 Å². The highest BCUT2D eigenvalue weighted by atomic mass is 19.4. The van der Waals surface area contributed by atoms with Crippen LogP contribution in [0.3, 0.4) is 0 Å². The van der Waals surface area contributed by atoms with Gasteiger partial charge in [0.25, 0.3) is 0 Å². The number of halogens is 6. The lowest BCUT2D eigenvalue weighted by Gasteiger charge is -2.09. The van der Waals surface area contributed by atoms with Crippen LogP contribution in [0.2, 0.25) is 0 Å². The van der Waals surface area contributed by atoms with Gasteiger partial charge in [0.1, 0.15) is 0 Å². The lowest BCUT2D eigenvalue weighted by atomic mass is 9.99. The number of hydrogen-bond acceptors (Lipinski definition) is 1. The Morgan fingerprint density at radius 1 is 0.656 bits per heavy atom. The molecule has 2 nitrogen and oxygen atoms in total.